The summed E-state index contributed by atoms with van der Waals surface area (Å²) in [5, 5.41) is 0. The van der Waals surface area contributed by atoms with Crippen molar-refractivity contribution in [3.8, 4) is 11.4 Å². The molecule has 1 aromatic carbocycles. The molecule has 0 aliphatic carbocycles. The second-order valence-corrected chi connectivity index (χ2v) is 4.28. The third kappa shape index (κ3) is 3.57. The summed E-state index contributed by atoms with van der Waals surface area (Å²) in [6.07, 6.45) is 7.03. The van der Waals surface area contributed by atoms with E-state index in [1.54, 1.807) is 6.08 Å². The van der Waals surface area contributed by atoms with Crippen LogP contribution in [-0.4, -0.2) is 15.0 Å². The number of hydrogen-bond acceptors (Lipinski definition) is 3. The molecule has 0 aliphatic heterocycles. The van der Waals surface area contributed by atoms with E-state index >= 15 is 0 Å². The molecule has 0 saturated heterocycles. The molecule has 0 aliphatic rings. The summed E-state index contributed by atoms with van der Waals surface area (Å²) in [7, 11) is 0. The highest BCUT2D eigenvalue weighted by atomic mass is 127. The van der Waals surface area contributed by atoms with Gasteiger partial charge in [0.2, 0.25) is 0 Å². The van der Waals surface area contributed by atoms with Crippen molar-refractivity contribution < 1.29 is 0 Å². The summed E-state index contributed by atoms with van der Waals surface area (Å²) < 4.78 is 1.93. The van der Waals surface area contributed by atoms with Crippen molar-refractivity contribution in [1.82, 2.24) is 15.0 Å². The van der Waals surface area contributed by atoms with Crippen LogP contribution in [0.1, 0.15) is 5.82 Å². The van der Waals surface area contributed by atoms with Gasteiger partial charge >= 0.3 is 0 Å². The number of rotatable bonds is 4. The average Bonchev–Trinajstić information content (AvgIpc) is 2.49. The van der Waals surface area contributed by atoms with E-state index < -0.39 is 0 Å². The van der Waals surface area contributed by atoms with E-state index in [1.807, 2.05) is 46.6 Å². The first-order valence-corrected chi connectivity index (χ1v) is 6.94. The van der Waals surface area contributed by atoms with E-state index in [0.717, 1.165) is 11.1 Å². The molecule has 0 bridgehead atoms. The summed E-state index contributed by atoms with van der Waals surface area (Å²) in [5.41, 5.74) is 1.91. The smallest absolute Gasteiger partial charge is 0.163 e. The molecule has 0 atom stereocenters. The highest BCUT2D eigenvalue weighted by Gasteiger charge is 2.05. The lowest BCUT2D eigenvalue weighted by Crippen LogP contribution is -1.97. The van der Waals surface area contributed by atoms with Gasteiger partial charge in [0.25, 0.3) is 0 Å². The van der Waals surface area contributed by atoms with Gasteiger partial charge in [0.15, 0.2) is 11.6 Å². The first-order chi connectivity index (χ1) is 9.35. The first kappa shape index (κ1) is 13.6. The monoisotopic (exact) mass is 361 g/mol. The lowest BCUT2D eigenvalue weighted by Gasteiger charge is -2.03. The van der Waals surface area contributed by atoms with E-state index in [2.05, 4.69) is 44.1 Å². The van der Waals surface area contributed by atoms with Crippen LogP contribution in [0.5, 0.6) is 0 Å². The summed E-state index contributed by atoms with van der Waals surface area (Å²) in [6.45, 7) is 3.66. The van der Waals surface area contributed by atoms with Crippen molar-refractivity contribution in [1.29, 1.82) is 0 Å². The summed E-state index contributed by atoms with van der Waals surface area (Å²) in [6, 6.07) is 9.85. The Morgan fingerprint density at radius 2 is 1.95 bits per heavy atom. The lowest BCUT2D eigenvalue weighted by atomic mass is 10.2. The second kappa shape index (κ2) is 6.94. The minimum atomic E-state index is 0.654. The van der Waals surface area contributed by atoms with Gasteiger partial charge < -0.3 is 0 Å². The third-order valence-corrected chi connectivity index (χ3v) is 3.06. The molecule has 94 valence electrons. The standard InChI is InChI=1S/C15H12IN3/c1-2-3-7-13(10-16)15-18-11-17-14(19-15)12-8-5-4-6-9-12/h2-11H,1H2/b7-3-,13-10+. The van der Waals surface area contributed by atoms with Crippen molar-refractivity contribution in [3.05, 3.63) is 71.4 Å². The van der Waals surface area contributed by atoms with Gasteiger partial charge in [-0.2, -0.15) is 0 Å². The van der Waals surface area contributed by atoms with Gasteiger partial charge in [-0.15, -0.1) is 0 Å². The third-order valence-electron chi connectivity index (χ3n) is 2.39. The molecule has 0 N–H and O–H groups in total. The zero-order chi connectivity index (χ0) is 13.5. The molecule has 0 spiro atoms. The Labute approximate surface area is 126 Å². The number of allylic oxidation sites excluding steroid dienone is 4. The maximum Gasteiger partial charge on any atom is 0.163 e. The van der Waals surface area contributed by atoms with E-state index in [1.165, 1.54) is 6.33 Å². The van der Waals surface area contributed by atoms with Crippen LogP contribution < -0.4 is 0 Å². The molecule has 2 aromatic rings. The van der Waals surface area contributed by atoms with Gasteiger partial charge in [0.1, 0.15) is 6.33 Å². The fourth-order valence-electron chi connectivity index (χ4n) is 1.49. The van der Waals surface area contributed by atoms with Gasteiger partial charge in [0.05, 0.1) is 0 Å². The highest BCUT2D eigenvalue weighted by Crippen LogP contribution is 2.18. The van der Waals surface area contributed by atoms with Crippen LogP contribution >= 0.6 is 22.6 Å². The SMILES string of the molecule is C=C/C=C\C(=C/I)c1ncnc(-c2ccccc2)n1. The number of nitrogens with zero attached hydrogens (tertiary/aromatic N) is 3. The van der Waals surface area contributed by atoms with Crippen molar-refractivity contribution in [2.45, 2.75) is 0 Å². The molecule has 1 aromatic heterocycles. The molecule has 1 heterocycles. The number of aromatic nitrogens is 3. The molecule has 2 rings (SSSR count). The summed E-state index contributed by atoms with van der Waals surface area (Å²) in [4.78, 5) is 12.9. The molecular formula is C15H12IN3. The topological polar surface area (TPSA) is 38.7 Å². The Morgan fingerprint density at radius 1 is 1.16 bits per heavy atom. The minimum Gasteiger partial charge on any atom is -0.217 e. The van der Waals surface area contributed by atoms with Crippen molar-refractivity contribution >= 4 is 28.2 Å². The van der Waals surface area contributed by atoms with Crippen LogP contribution in [0, 0.1) is 0 Å². The van der Waals surface area contributed by atoms with Crippen LogP contribution in [0.2, 0.25) is 0 Å². The van der Waals surface area contributed by atoms with Crippen molar-refractivity contribution in [3.63, 3.8) is 0 Å². The normalized spacial score (nSPS) is 11.7. The Bertz CT molecular complexity index is 618. The minimum absolute atomic E-state index is 0.654. The maximum atomic E-state index is 4.49. The van der Waals surface area contributed by atoms with Crippen LogP contribution in [0.4, 0.5) is 0 Å². The fraction of sp³-hybridized carbons (Fsp3) is 0. The predicted molar refractivity (Wildman–Crippen MR) is 86.6 cm³/mol. The highest BCUT2D eigenvalue weighted by molar-refractivity contribution is 14.1. The van der Waals surface area contributed by atoms with Gasteiger partial charge in [-0.3, -0.25) is 0 Å². The quantitative estimate of drug-likeness (QED) is 0.609. The van der Waals surface area contributed by atoms with Crippen molar-refractivity contribution in [2.75, 3.05) is 0 Å². The zero-order valence-corrected chi connectivity index (χ0v) is 12.4. The number of benzene rings is 1. The molecule has 0 fully saturated rings. The maximum absolute atomic E-state index is 4.49. The van der Waals surface area contributed by atoms with E-state index in [9.17, 15) is 0 Å². The largest absolute Gasteiger partial charge is 0.217 e. The summed E-state index contributed by atoms with van der Waals surface area (Å²) >= 11 is 2.17. The Hall–Kier alpha value is -1.82. The molecule has 3 nitrogen and oxygen atoms in total. The van der Waals surface area contributed by atoms with Gasteiger partial charge in [-0.1, -0.05) is 77.7 Å². The Kier molecular flexibility index (Phi) is 4.97. The van der Waals surface area contributed by atoms with Gasteiger partial charge in [0, 0.05) is 11.1 Å². The van der Waals surface area contributed by atoms with E-state index in [4.69, 9.17) is 0 Å². The number of halogens is 1. The second-order valence-electron chi connectivity index (χ2n) is 3.66. The molecule has 19 heavy (non-hydrogen) atoms. The van der Waals surface area contributed by atoms with Crippen LogP contribution in [0.3, 0.4) is 0 Å². The van der Waals surface area contributed by atoms with Crippen LogP contribution in [0.25, 0.3) is 17.0 Å². The zero-order valence-electron chi connectivity index (χ0n) is 10.2. The summed E-state index contributed by atoms with van der Waals surface area (Å²) in [5.74, 6) is 1.33. The van der Waals surface area contributed by atoms with Crippen LogP contribution in [-0.2, 0) is 0 Å². The first-order valence-electron chi connectivity index (χ1n) is 5.69. The Balaban J connectivity index is 2.39. The van der Waals surface area contributed by atoms with Crippen molar-refractivity contribution in [2.24, 2.45) is 0 Å². The van der Waals surface area contributed by atoms with Crippen LogP contribution in [0.15, 0.2) is 65.5 Å². The molecular weight excluding hydrogens is 349 g/mol. The van der Waals surface area contributed by atoms with E-state index in [-0.39, 0.29) is 0 Å². The number of hydrogen-bond donors (Lipinski definition) is 0. The fourth-order valence-corrected chi connectivity index (χ4v) is 1.98. The Morgan fingerprint density at radius 3 is 2.63 bits per heavy atom. The predicted octanol–water partition coefficient (Wildman–Crippen LogP) is 4.06. The lowest BCUT2D eigenvalue weighted by molar-refractivity contribution is 1.03. The van der Waals surface area contributed by atoms with E-state index in [0.29, 0.717) is 11.6 Å². The molecule has 0 saturated carbocycles. The molecule has 0 radical (unpaired) electrons. The van der Waals surface area contributed by atoms with Gasteiger partial charge in [-0.25, -0.2) is 15.0 Å². The molecule has 0 amide bonds. The van der Waals surface area contributed by atoms with Gasteiger partial charge in [-0.05, 0) is 4.08 Å². The molecule has 0 unspecified atom stereocenters. The average molecular weight is 361 g/mol. The molecule has 4 heteroatoms.